The molecule has 1 aliphatic rings. The summed E-state index contributed by atoms with van der Waals surface area (Å²) >= 11 is 0. The highest BCUT2D eigenvalue weighted by atomic mass is 16.7. The Morgan fingerprint density at radius 2 is 1.54 bits per heavy atom. The molecule has 0 aliphatic carbocycles. The Labute approximate surface area is 307 Å². The van der Waals surface area contributed by atoms with Crippen LogP contribution in [0.1, 0.15) is 113 Å². The van der Waals surface area contributed by atoms with Crippen molar-refractivity contribution < 1.29 is 38.7 Å². The van der Waals surface area contributed by atoms with Gasteiger partial charge in [0.05, 0.1) is 32.8 Å². The lowest BCUT2D eigenvalue weighted by Crippen LogP contribution is -2.36. The summed E-state index contributed by atoms with van der Waals surface area (Å²) in [5.74, 6) is -0.0879. The second-order valence-electron chi connectivity index (χ2n) is 13.2. The predicted octanol–water partition coefficient (Wildman–Crippen LogP) is 5.30. The van der Waals surface area contributed by atoms with E-state index in [1.165, 1.54) is 83.3 Å². The van der Waals surface area contributed by atoms with Crippen LogP contribution in [0.2, 0.25) is 0 Å². The number of nitrogens with one attached hydrogen (secondary N) is 2. The lowest BCUT2D eigenvalue weighted by Gasteiger charge is -2.22. The maximum Gasteiger partial charge on any atom is 0.256 e. The number of unbranched alkanes of at least 4 members (excludes halogenated alkanes) is 12. The summed E-state index contributed by atoms with van der Waals surface area (Å²) in [4.78, 5) is 37.8. The molecule has 1 saturated heterocycles. The molecule has 1 aliphatic heterocycles. The molecule has 14 heteroatoms. The molecule has 0 radical (unpaired) electrons. The van der Waals surface area contributed by atoms with E-state index in [9.17, 15) is 19.8 Å². The van der Waals surface area contributed by atoms with Gasteiger partial charge in [0.2, 0.25) is 5.91 Å². The first-order valence-electron chi connectivity index (χ1n) is 19.1. The predicted molar refractivity (Wildman–Crippen MR) is 197 cm³/mol. The van der Waals surface area contributed by atoms with E-state index in [0.29, 0.717) is 42.9 Å². The normalized spacial score (nSPS) is 18.6. The topological polar surface area (TPSA) is 179 Å². The first-order valence-corrected chi connectivity index (χ1v) is 19.1. The van der Waals surface area contributed by atoms with Crippen LogP contribution in [0.25, 0.3) is 11.2 Å². The SMILES string of the molecule is CCCCCCCCCCCCCCCC(=O)NCCOCCOCO[C@H]1C(O)[C@@H](CO)O[C@H]1n1cnc2c(NC(=O)c3ccccc3)ncnc21. The fourth-order valence-electron chi connectivity index (χ4n) is 6.23. The molecule has 1 aromatic carbocycles. The number of benzene rings is 1. The van der Waals surface area contributed by atoms with Crippen molar-refractivity contribution in [3.8, 4) is 0 Å². The van der Waals surface area contributed by atoms with Gasteiger partial charge in [-0.25, -0.2) is 15.0 Å². The number of hydrogen-bond acceptors (Lipinski definition) is 11. The zero-order chi connectivity index (χ0) is 36.8. The number of carbonyl (C=O) groups excluding carboxylic acids is 2. The highest BCUT2D eigenvalue weighted by Gasteiger charge is 2.46. The minimum Gasteiger partial charge on any atom is -0.394 e. The van der Waals surface area contributed by atoms with Crippen molar-refractivity contribution in [3.63, 3.8) is 0 Å². The molecule has 2 amide bonds. The molecular weight excluding hydrogens is 668 g/mol. The molecule has 0 spiro atoms. The lowest BCUT2D eigenvalue weighted by atomic mass is 10.0. The molecule has 288 valence electrons. The second kappa shape index (κ2) is 23.9. The molecule has 0 saturated carbocycles. The van der Waals surface area contributed by atoms with Crippen LogP contribution < -0.4 is 10.6 Å². The number of nitrogens with zero attached hydrogens (tertiary/aromatic N) is 4. The van der Waals surface area contributed by atoms with E-state index < -0.39 is 31.1 Å². The van der Waals surface area contributed by atoms with Crippen LogP contribution in [0.4, 0.5) is 5.82 Å². The third-order valence-electron chi connectivity index (χ3n) is 9.19. The number of carbonyl (C=O) groups is 2. The van der Waals surface area contributed by atoms with Gasteiger partial charge in [-0.1, -0.05) is 102 Å². The quantitative estimate of drug-likeness (QED) is 0.0592. The van der Waals surface area contributed by atoms with E-state index in [2.05, 4.69) is 32.5 Å². The summed E-state index contributed by atoms with van der Waals surface area (Å²) in [5, 5.41) is 26.3. The maximum atomic E-state index is 12.7. The zero-order valence-corrected chi connectivity index (χ0v) is 30.6. The summed E-state index contributed by atoms with van der Waals surface area (Å²) in [6.45, 7) is 2.99. The van der Waals surface area contributed by atoms with Crippen molar-refractivity contribution in [2.24, 2.45) is 0 Å². The number of aromatic nitrogens is 4. The number of imidazole rings is 1. The van der Waals surface area contributed by atoms with Crippen LogP contribution in [0, 0.1) is 0 Å². The Bertz CT molecular complexity index is 1440. The van der Waals surface area contributed by atoms with Gasteiger partial charge in [0.1, 0.15) is 31.4 Å². The maximum absolute atomic E-state index is 12.7. The average Bonchev–Trinajstić information content (AvgIpc) is 3.73. The van der Waals surface area contributed by atoms with E-state index in [1.807, 2.05) is 6.07 Å². The number of anilines is 1. The van der Waals surface area contributed by atoms with Crippen molar-refractivity contribution in [3.05, 3.63) is 48.5 Å². The monoisotopic (exact) mass is 726 g/mol. The van der Waals surface area contributed by atoms with E-state index in [4.69, 9.17) is 18.9 Å². The fourth-order valence-corrected chi connectivity index (χ4v) is 6.23. The minimum absolute atomic E-state index is 0.0506. The standard InChI is InChI=1S/C38H58N6O8/c1-2-3-4-5-6-7-8-9-10-11-12-13-17-20-31(46)39-21-22-49-23-24-50-28-51-34-33(47)30(25-45)52-38(34)44-27-42-32-35(40-26-41-36(32)44)43-37(48)29-18-15-14-16-19-29/h14-16,18-19,26-27,30,33-34,38,45,47H,2-13,17,20-25,28H2,1H3,(H,39,46)(H,40,41,43,48)/t30-,33?,34+,38-/m1/s1. The second-order valence-corrected chi connectivity index (χ2v) is 13.2. The summed E-state index contributed by atoms with van der Waals surface area (Å²) in [6, 6.07) is 8.72. The summed E-state index contributed by atoms with van der Waals surface area (Å²) in [7, 11) is 0. The van der Waals surface area contributed by atoms with Gasteiger partial charge in [-0.15, -0.1) is 0 Å². The van der Waals surface area contributed by atoms with Crippen LogP contribution in [0.15, 0.2) is 43.0 Å². The third-order valence-corrected chi connectivity index (χ3v) is 9.19. The first-order chi connectivity index (χ1) is 25.5. The smallest absolute Gasteiger partial charge is 0.256 e. The summed E-state index contributed by atoms with van der Waals surface area (Å²) in [5.41, 5.74) is 1.12. The molecule has 14 nitrogen and oxygen atoms in total. The van der Waals surface area contributed by atoms with Crippen molar-refractivity contribution in [2.45, 2.75) is 121 Å². The van der Waals surface area contributed by atoms with Crippen molar-refractivity contribution >= 4 is 28.8 Å². The zero-order valence-electron chi connectivity index (χ0n) is 30.6. The summed E-state index contributed by atoms with van der Waals surface area (Å²) < 4.78 is 24.5. The Morgan fingerprint density at radius 1 is 0.865 bits per heavy atom. The van der Waals surface area contributed by atoms with Crippen LogP contribution in [-0.2, 0) is 23.7 Å². The highest BCUT2D eigenvalue weighted by molar-refractivity contribution is 6.06. The van der Waals surface area contributed by atoms with Crippen LogP contribution in [-0.4, -0.2) is 99.6 Å². The number of fused-ring (bicyclic) bond motifs is 1. The molecule has 1 fully saturated rings. The lowest BCUT2D eigenvalue weighted by molar-refractivity contribution is -0.143. The van der Waals surface area contributed by atoms with Gasteiger partial charge >= 0.3 is 0 Å². The number of hydrogen-bond donors (Lipinski definition) is 4. The molecule has 4 atom stereocenters. The van der Waals surface area contributed by atoms with E-state index in [-0.39, 0.29) is 31.0 Å². The van der Waals surface area contributed by atoms with E-state index in [1.54, 1.807) is 28.8 Å². The Kier molecular flexibility index (Phi) is 19.0. The third kappa shape index (κ3) is 13.5. The molecule has 4 rings (SSSR count). The molecule has 0 bridgehead atoms. The minimum atomic E-state index is -1.16. The van der Waals surface area contributed by atoms with Crippen molar-refractivity contribution in [2.75, 3.05) is 45.1 Å². The molecular formula is C38H58N6O8. The summed E-state index contributed by atoms with van der Waals surface area (Å²) in [6.07, 6.45) is 16.0. The van der Waals surface area contributed by atoms with Crippen LogP contribution in [0.5, 0.6) is 0 Å². The van der Waals surface area contributed by atoms with Gasteiger partial charge in [-0.05, 0) is 18.6 Å². The number of amides is 2. The Morgan fingerprint density at radius 3 is 2.23 bits per heavy atom. The van der Waals surface area contributed by atoms with E-state index in [0.717, 1.165) is 12.8 Å². The molecule has 3 heterocycles. The van der Waals surface area contributed by atoms with Crippen LogP contribution >= 0.6 is 0 Å². The Balaban J connectivity index is 1.07. The van der Waals surface area contributed by atoms with Crippen molar-refractivity contribution in [1.82, 2.24) is 24.8 Å². The van der Waals surface area contributed by atoms with Gasteiger partial charge in [-0.3, -0.25) is 14.2 Å². The molecule has 3 aromatic rings. The van der Waals surface area contributed by atoms with Gasteiger partial charge < -0.3 is 39.8 Å². The van der Waals surface area contributed by atoms with Gasteiger partial charge in [-0.2, -0.15) is 0 Å². The van der Waals surface area contributed by atoms with Crippen LogP contribution in [0.3, 0.4) is 0 Å². The largest absolute Gasteiger partial charge is 0.394 e. The molecule has 52 heavy (non-hydrogen) atoms. The van der Waals surface area contributed by atoms with Crippen molar-refractivity contribution in [1.29, 1.82) is 0 Å². The van der Waals surface area contributed by atoms with E-state index >= 15 is 0 Å². The fraction of sp³-hybridized carbons (Fsp3) is 0.658. The number of ether oxygens (including phenoxy) is 4. The number of aliphatic hydroxyl groups excluding tert-OH is 2. The molecule has 1 unspecified atom stereocenters. The number of rotatable bonds is 27. The highest BCUT2D eigenvalue weighted by Crippen LogP contribution is 2.34. The average molecular weight is 727 g/mol. The van der Waals surface area contributed by atoms with Gasteiger partial charge in [0.25, 0.3) is 5.91 Å². The Hall–Kier alpha value is -3.53. The molecule has 4 N–H and O–H groups in total. The van der Waals surface area contributed by atoms with Gasteiger partial charge in [0, 0.05) is 18.5 Å². The first kappa shape index (κ1) is 41.2. The van der Waals surface area contributed by atoms with Gasteiger partial charge in [0.15, 0.2) is 23.2 Å². The number of aliphatic hydroxyl groups is 2. The molecule has 2 aromatic heterocycles.